The summed E-state index contributed by atoms with van der Waals surface area (Å²) >= 11 is 0. The molecule has 0 radical (unpaired) electrons. The Balaban J connectivity index is 1.11. The molecule has 0 spiro atoms. The first-order chi connectivity index (χ1) is 17.9. The molecule has 0 bridgehead atoms. The number of H-pyrrole nitrogens is 1. The highest BCUT2D eigenvalue weighted by Crippen LogP contribution is 2.40. The average molecular weight is 509 g/mol. The second-order valence-corrected chi connectivity index (χ2v) is 10.3. The molecule has 1 saturated carbocycles. The van der Waals surface area contributed by atoms with Gasteiger partial charge >= 0.3 is 6.18 Å². The van der Waals surface area contributed by atoms with Gasteiger partial charge in [-0.15, -0.1) is 0 Å². The van der Waals surface area contributed by atoms with Crippen LogP contribution in [0.1, 0.15) is 42.7 Å². The van der Waals surface area contributed by atoms with Crippen LogP contribution >= 0.6 is 0 Å². The number of nitrogens with zero attached hydrogens (tertiary/aromatic N) is 3. The first-order valence-electron chi connectivity index (χ1n) is 13.0. The summed E-state index contributed by atoms with van der Waals surface area (Å²) in [5.74, 6) is 1.14. The Morgan fingerprint density at radius 1 is 0.973 bits per heavy atom. The van der Waals surface area contributed by atoms with Crippen LogP contribution in [0.3, 0.4) is 0 Å². The highest BCUT2D eigenvalue weighted by Gasteiger charge is 2.33. The van der Waals surface area contributed by atoms with E-state index in [9.17, 15) is 13.2 Å². The van der Waals surface area contributed by atoms with Crippen molar-refractivity contribution >= 4 is 27.5 Å². The van der Waals surface area contributed by atoms with Gasteiger partial charge in [-0.05, 0) is 67.5 Å². The number of ether oxygens (including phenoxy) is 1. The standard InChI is InChI=1S/C29H31F3N4O/c1-37-23-15-20-3-2-10-33-28(20)27(17-23)36-13-11-35(12-14-36)22-7-4-19(5-8-22)25-18-34-26-9-6-21(16-24(25)26)29(30,31)32/h2-3,6,9-10,15-19,22,34H,4-5,7-8,11-14H2,1H3/t19-,22+. The van der Waals surface area contributed by atoms with Crippen LogP contribution in [0.25, 0.3) is 21.8 Å². The molecule has 6 rings (SSSR count). The minimum atomic E-state index is -4.32. The molecule has 1 aliphatic carbocycles. The maximum atomic E-state index is 13.3. The predicted octanol–water partition coefficient (Wildman–Crippen LogP) is 6.59. The number of aromatic nitrogens is 2. The number of hydrogen-bond acceptors (Lipinski definition) is 4. The molecule has 2 aliphatic rings. The zero-order valence-electron chi connectivity index (χ0n) is 20.9. The number of benzene rings is 2. The topological polar surface area (TPSA) is 44.4 Å². The Labute approximate surface area is 214 Å². The van der Waals surface area contributed by atoms with Crippen LogP contribution in [0, 0.1) is 0 Å². The number of aromatic amines is 1. The summed E-state index contributed by atoms with van der Waals surface area (Å²) in [6, 6.07) is 12.7. The fourth-order valence-corrected chi connectivity index (χ4v) is 6.24. The van der Waals surface area contributed by atoms with Gasteiger partial charge in [0.05, 0.1) is 23.9 Å². The highest BCUT2D eigenvalue weighted by molar-refractivity contribution is 5.92. The number of nitrogens with one attached hydrogen (secondary N) is 1. The number of pyridine rings is 1. The third kappa shape index (κ3) is 4.63. The lowest BCUT2D eigenvalue weighted by Crippen LogP contribution is -2.51. The van der Waals surface area contributed by atoms with E-state index in [0.29, 0.717) is 17.3 Å². The van der Waals surface area contributed by atoms with E-state index in [1.807, 2.05) is 24.5 Å². The van der Waals surface area contributed by atoms with E-state index in [4.69, 9.17) is 4.74 Å². The summed E-state index contributed by atoms with van der Waals surface area (Å²) in [7, 11) is 1.70. The van der Waals surface area contributed by atoms with E-state index in [-0.39, 0.29) is 0 Å². The Morgan fingerprint density at radius 2 is 1.76 bits per heavy atom. The average Bonchev–Trinajstić information content (AvgIpc) is 3.35. The summed E-state index contributed by atoms with van der Waals surface area (Å²) in [4.78, 5) is 12.8. The Morgan fingerprint density at radius 3 is 2.49 bits per heavy atom. The molecule has 194 valence electrons. The first kappa shape index (κ1) is 24.1. The van der Waals surface area contributed by atoms with Crippen LogP contribution < -0.4 is 9.64 Å². The molecular weight excluding hydrogens is 477 g/mol. The molecule has 0 atom stereocenters. The van der Waals surface area contributed by atoms with Gasteiger partial charge in [0.15, 0.2) is 0 Å². The summed E-state index contributed by atoms with van der Waals surface area (Å²) in [5.41, 5.74) is 3.36. The lowest BCUT2D eigenvalue weighted by atomic mass is 9.81. The maximum Gasteiger partial charge on any atom is 0.416 e. The van der Waals surface area contributed by atoms with Crippen molar-refractivity contribution in [3.05, 3.63) is 66.0 Å². The van der Waals surface area contributed by atoms with Gasteiger partial charge < -0.3 is 14.6 Å². The van der Waals surface area contributed by atoms with Crippen LogP contribution in [0.15, 0.2) is 54.9 Å². The van der Waals surface area contributed by atoms with Gasteiger partial charge in [0.1, 0.15) is 5.75 Å². The molecular formula is C29H31F3N4O. The van der Waals surface area contributed by atoms with Gasteiger partial charge in [0.2, 0.25) is 0 Å². The second kappa shape index (κ2) is 9.56. The lowest BCUT2D eigenvalue weighted by molar-refractivity contribution is -0.137. The minimum Gasteiger partial charge on any atom is -0.497 e. The number of hydrogen-bond donors (Lipinski definition) is 1. The molecule has 3 heterocycles. The van der Waals surface area contributed by atoms with Gasteiger partial charge in [0, 0.05) is 67.0 Å². The molecule has 2 fully saturated rings. The number of halogens is 3. The normalized spacial score (nSPS) is 21.6. The summed E-state index contributed by atoms with van der Waals surface area (Å²) in [5, 5.41) is 1.79. The molecule has 0 amide bonds. The molecule has 2 aromatic carbocycles. The minimum absolute atomic E-state index is 0.295. The van der Waals surface area contributed by atoms with Crippen LogP contribution in [-0.4, -0.2) is 54.2 Å². The van der Waals surface area contributed by atoms with Crippen molar-refractivity contribution < 1.29 is 17.9 Å². The van der Waals surface area contributed by atoms with Gasteiger partial charge in [0.25, 0.3) is 0 Å². The Hall–Kier alpha value is -3.26. The van der Waals surface area contributed by atoms with Crippen molar-refractivity contribution in [2.24, 2.45) is 0 Å². The van der Waals surface area contributed by atoms with E-state index in [2.05, 4.69) is 31.9 Å². The fraction of sp³-hybridized carbons (Fsp3) is 0.414. The van der Waals surface area contributed by atoms with Crippen LogP contribution in [0.5, 0.6) is 5.75 Å². The largest absolute Gasteiger partial charge is 0.497 e. The number of piperazine rings is 1. The van der Waals surface area contributed by atoms with Gasteiger partial charge in [-0.1, -0.05) is 6.07 Å². The van der Waals surface area contributed by atoms with Crippen molar-refractivity contribution in [1.29, 1.82) is 0 Å². The SMILES string of the molecule is COc1cc(N2CCN([C@H]3CC[C@@H](c4c[nH]c5ccc(C(F)(F)F)cc54)CC3)CC2)c2ncccc2c1. The van der Waals surface area contributed by atoms with Gasteiger partial charge in [-0.2, -0.15) is 13.2 Å². The molecule has 1 N–H and O–H groups in total. The van der Waals surface area contributed by atoms with E-state index in [1.54, 1.807) is 13.2 Å². The monoisotopic (exact) mass is 508 g/mol. The molecule has 4 aromatic rings. The molecule has 37 heavy (non-hydrogen) atoms. The zero-order chi connectivity index (χ0) is 25.6. The third-order valence-corrected chi connectivity index (χ3v) is 8.24. The lowest BCUT2D eigenvalue weighted by Gasteiger charge is -2.42. The van der Waals surface area contributed by atoms with Crippen LogP contribution in [-0.2, 0) is 6.18 Å². The van der Waals surface area contributed by atoms with Crippen molar-refractivity contribution in [2.75, 3.05) is 38.2 Å². The zero-order valence-corrected chi connectivity index (χ0v) is 20.9. The summed E-state index contributed by atoms with van der Waals surface area (Å²) in [6.45, 7) is 3.84. The number of alkyl halides is 3. The number of rotatable bonds is 4. The molecule has 0 unspecified atom stereocenters. The smallest absolute Gasteiger partial charge is 0.416 e. The maximum absolute atomic E-state index is 13.3. The van der Waals surface area contributed by atoms with Crippen molar-refractivity contribution in [2.45, 2.75) is 43.8 Å². The molecule has 5 nitrogen and oxygen atoms in total. The van der Waals surface area contributed by atoms with Crippen molar-refractivity contribution in [3.8, 4) is 5.75 Å². The van der Waals surface area contributed by atoms with Crippen molar-refractivity contribution in [3.63, 3.8) is 0 Å². The highest BCUT2D eigenvalue weighted by atomic mass is 19.4. The number of methoxy groups -OCH3 is 1. The second-order valence-electron chi connectivity index (χ2n) is 10.3. The predicted molar refractivity (Wildman–Crippen MR) is 140 cm³/mol. The molecule has 2 aromatic heterocycles. The van der Waals surface area contributed by atoms with E-state index >= 15 is 0 Å². The summed E-state index contributed by atoms with van der Waals surface area (Å²) < 4.78 is 45.4. The Kier molecular flexibility index (Phi) is 6.23. The van der Waals surface area contributed by atoms with E-state index in [1.165, 1.54) is 6.07 Å². The number of anilines is 1. The van der Waals surface area contributed by atoms with Gasteiger partial charge in [-0.25, -0.2) is 0 Å². The first-order valence-corrected chi connectivity index (χ1v) is 13.0. The van der Waals surface area contributed by atoms with E-state index < -0.39 is 11.7 Å². The van der Waals surface area contributed by atoms with E-state index in [0.717, 1.165) is 91.3 Å². The molecule has 1 aliphatic heterocycles. The third-order valence-electron chi connectivity index (χ3n) is 8.24. The van der Waals surface area contributed by atoms with Crippen LogP contribution in [0.2, 0.25) is 0 Å². The van der Waals surface area contributed by atoms with Crippen LogP contribution in [0.4, 0.5) is 18.9 Å². The fourth-order valence-electron chi connectivity index (χ4n) is 6.24. The summed E-state index contributed by atoms with van der Waals surface area (Å²) in [6.07, 6.45) is 3.57. The molecule has 8 heteroatoms. The van der Waals surface area contributed by atoms with Gasteiger partial charge in [-0.3, -0.25) is 9.88 Å². The Bertz CT molecular complexity index is 1400. The number of fused-ring (bicyclic) bond motifs is 2. The quantitative estimate of drug-likeness (QED) is 0.338. The molecule has 1 saturated heterocycles. The van der Waals surface area contributed by atoms with Crippen molar-refractivity contribution in [1.82, 2.24) is 14.9 Å².